The van der Waals surface area contributed by atoms with Gasteiger partial charge in [-0.05, 0) is 47.7 Å². The van der Waals surface area contributed by atoms with Crippen LogP contribution in [0.4, 0.5) is 11.4 Å². The summed E-state index contributed by atoms with van der Waals surface area (Å²) < 4.78 is 0. The highest BCUT2D eigenvalue weighted by Crippen LogP contribution is 2.31. The molecule has 2 N–H and O–H groups in total. The molecule has 1 heterocycles. The minimum Gasteiger partial charge on any atom is -0.350 e. The summed E-state index contributed by atoms with van der Waals surface area (Å²) in [6.07, 6.45) is 0. The maximum atomic E-state index is 12.9. The van der Waals surface area contributed by atoms with Crippen molar-refractivity contribution in [3.8, 4) is 0 Å². The van der Waals surface area contributed by atoms with Crippen LogP contribution in [-0.2, 0) is 19.8 Å². The number of nitrogens with zero attached hydrogens (tertiary/aromatic N) is 1. The first-order chi connectivity index (χ1) is 14.1. The number of nitrogens with one attached hydrogen (secondary N) is 2. The quantitative estimate of drug-likeness (QED) is 0.733. The molecular formula is C24H27N3O3. The van der Waals surface area contributed by atoms with E-state index in [1.165, 1.54) is 17.4 Å². The Morgan fingerprint density at radius 3 is 1.97 bits per heavy atom. The van der Waals surface area contributed by atoms with Crippen molar-refractivity contribution in [1.29, 1.82) is 0 Å². The van der Waals surface area contributed by atoms with Gasteiger partial charge in [0.1, 0.15) is 5.70 Å². The number of amides is 3. The molecule has 3 rings (SSSR count). The van der Waals surface area contributed by atoms with Gasteiger partial charge in [-0.3, -0.25) is 19.3 Å². The molecular weight excluding hydrogens is 378 g/mol. The number of hydrogen-bond acceptors (Lipinski definition) is 4. The zero-order valence-corrected chi connectivity index (χ0v) is 18.0. The van der Waals surface area contributed by atoms with Gasteiger partial charge in [0.2, 0.25) is 5.91 Å². The summed E-state index contributed by atoms with van der Waals surface area (Å²) >= 11 is 0. The highest BCUT2D eigenvalue weighted by atomic mass is 16.2. The van der Waals surface area contributed by atoms with E-state index in [0.717, 1.165) is 5.69 Å². The standard InChI is InChI=1S/C24H27N3O3/c1-6-27-22(29)20(16-7-11-18(12-8-16)25-15(2)28)21(23(27)30)26-19-13-9-17(10-14-19)24(3,4)5/h7-14,26H,6H2,1-5H3,(H,25,28). The van der Waals surface area contributed by atoms with Crippen LogP contribution in [0.15, 0.2) is 54.2 Å². The van der Waals surface area contributed by atoms with Gasteiger partial charge >= 0.3 is 0 Å². The average Bonchev–Trinajstić information content (AvgIpc) is 2.91. The lowest BCUT2D eigenvalue weighted by Crippen LogP contribution is -2.32. The topological polar surface area (TPSA) is 78.5 Å². The van der Waals surface area contributed by atoms with Gasteiger partial charge in [-0.25, -0.2) is 0 Å². The maximum absolute atomic E-state index is 12.9. The minimum atomic E-state index is -0.344. The van der Waals surface area contributed by atoms with Gasteiger partial charge in [0.15, 0.2) is 0 Å². The van der Waals surface area contributed by atoms with Crippen molar-refractivity contribution in [2.24, 2.45) is 0 Å². The summed E-state index contributed by atoms with van der Waals surface area (Å²) in [6, 6.07) is 14.8. The fraction of sp³-hybridized carbons (Fsp3) is 0.292. The van der Waals surface area contributed by atoms with E-state index in [1.807, 2.05) is 24.3 Å². The molecule has 0 unspecified atom stereocenters. The van der Waals surface area contributed by atoms with E-state index in [2.05, 4.69) is 31.4 Å². The molecule has 2 aromatic rings. The van der Waals surface area contributed by atoms with Crippen LogP contribution in [0.3, 0.4) is 0 Å². The number of carbonyl (C=O) groups excluding carboxylic acids is 3. The Morgan fingerprint density at radius 1 is 0.900 bits per heavy atom. The van der Waals surface area contributed by atoms with Crippen molar-refractivity contribution < 1.29 is 14.4 Å². The average molecular weight is 405 g/mol. The lowest BCUT2D eigenvalue weighted by Gasteiger charge is -2.19. The summed E-state index contributed by atoms with van der Waals surface area (Å²) in [5, 5.41) is 5.86. The van der Waals surface area contributed by atoms with E-state index >= 15 is 0 Å². The van der Waals surface area contributed by atoms with E-state index in [9.17, 15) is 14.4 Å². The molecule has 0 aromatic heterocycles. The first-order valence-corrected chi connectivity index (χ1v) is 9.98. The SMILES string of the molecule is CCN1C(=O)C(Nc2ccc(C(C)(C)C)cc2)=C(c2ccc(NC(C)=O)cc2)C1=O. The second kappa shape index (κ2) is 8.14. The van der Waals surface area contributed by atoms with Crippen LogP contribution in [0.25, 0.3) is 5.57 Å². The number of anilines is 2. The Morgan fingerprint density at radius 2 is 1.47 bits per heavy atom. The molecule has 6 nitrogen and oxygen atoms in total. The van der Waals surface area contributed by atoms with E-state index in [-0.39, 0.29) is 28.8 Å². The van der Waals surface area contributed by atoms with Crippen molar-refractivity contribution in [1.82, 2.24) is 4.90 Å². The molecule has 30 heavy (non-hydrogen) atoms. The molecule has 0 aliphatic carbocycles. The first-order valence-electron chi connectivity index (χ1n) is 9.98. The van der Waals surface area contributed by atoms with Crippen molar-refractivity contribution in [3.05, 3.63) is 65.4 Å². The molecule has 0 radical (unpaired) electrons. The molecule has 156 valence electrons. The minimum absolute atomic E-state index is 0.0246. The van der Waals surface area contributed by atoms with Crippen molar-refractivity contribution in [2.45, 2.75) is 40.0 Å². The maximum Gasteiger partial charge on any atom is 0.278 e. The van der Waals surface area contributed by atoms with Crippen LogP contribution in [0, 0.1) is 0 Å². The lowest BCUT2D eigenvalue weighted by atomic mass is 9.87. The Labute approximate surface area is 177 Å². The molecule has 1 aliphatic rings. The van der Waals surface area contributed by atoms with Gasteiger partial charge in [0, 0.05) is 24.8 Å². The fourth-order valence-corrected chi connectivity index (χ4v) is 3.37. The molecule has 0 fully saturated rings. The monoisotopic (exact) mass is 405 g/mol. The van der Waals surface area contributed by atoms with Gasteiger partial charge in [0.25, 0.3) is 11.8 Å². The molecule has 0 saturated carbocycles. The molecule has 0 saturated heterocycles. The molecule has 0 spiro atoms. The number of rotatable bonds is 5. The Hall–Kier alpha value is -3.41. The van der Waals surface area contributed by atoms with Crippen LogP contribution in [-0.4, -0.2) is 29.2 Å². The number of likely N-dealkylation sites (N-methyl/N-ethyl adjacent to an activating group) is 1. The highest BCUT2D eigenvalue weighted by Gasteiger charge is 2.38. The van der Waals surface area contributed by atoms with E-state index in [4.69, 9.17) is 0 Å². The van der Waals surface area contributed by atoms with E-state index in [1.54, 1.807) is 31.2 Å². The second-order valence-electron chi connectivity index (χ2n) is 8.32. The summed E-state index contributed by atoms with van der Waals surface area (Å²) in [7, 11) is 0. The Balaban J connectivity index is 1.98. The smallest absolute Gasteiger partial charge is 0.278 e. The Kier molecular flexibility index (Phi) is 5.78. The predicted molar refractivity (Wildman–Crippen MR) is 119 cm³/mol. The fourth-order valence-electron chi connectivity index (χ4n) is 3.37. The molecule has 0 bridgehead atoms. The van der Waals surface area contributed by atoms with Crippen LogP contribution in [0.1, 0.15) is 45.7 Å². The predicted octanol–water partition coefficient (Wildman–Crippen LogP) is 4.15. The van der Waals surface area contributed by atoms with Gasteiger partial charge in [-0.15, -0.1) is 0 Å². The molecule has 6 heteroatoms. The molecule has 2 aromatic carbocycles. The molecule has 1 aliphatic heterocycles. The van der Waals surface area contributed by atoms with E-state index < -0.39 is 0 Å². The zero-order chi connectivity index (χ0) is 22.1. The zero-order valence-electron chi connectivity index (χ0n) is 18.0. The highest BCUT2D eigenvalue weighted by molar-refractivity contribution is 6.36. The van der Waals surface area contributed by atoms with Gasteiger partial charge in [0.05, 0.1) is 5.57 Å². The third-order valence-corrected chi connectivity index (χ3v) is 5.00. The summed E-state index contributed by atoms with van der Waals surface area (Å²) in [5.74, 6) is -0.848. The van der Waals surface area contributed by atoms with Crippen molar-refractivity contribution >= 4 is 34.7 Å². The normalized spacial score (nSPS) is 14.4. The van der Waals surface area contributed by atoms with Crippen LogP contribution in [0.5, 0.6) is 0 Å². The summed E-state index contributed by atoms with van der Waals surface area (Å²) in [6.45, 7) is 9.91. The third kappa shape index (κ3) is 4.27. The number of hydrogen-bond donors (Lipinski definition) is 2. The van der Waals surface area contributed by atoms with Gasteiger partial charge in [-0.2, -0.15) is 0 Å². The lowest BCUT2D eigenvalue weighted by molar-refractivity contribution is -0.136. The van der Waals surface area contributed by atoms with E-state index in [0.29, 0.717) is 23.4 Å². The van der Waals surface area contributed by atoms with Crippen LogP contribution < -0.4 is 10.6 Å². The number of benzene rings is 2. The number of carbonyl (C=O) groups is 3. The van der Waals surface area contributed by atoms with Gasteiger partial charge in [-0.1, -0.05) is 45.0 Å². The van der Waals surface area contributed by atoms with Crippen LogP contribution >= 0.6 is 0 Å². The summed E-state index contributed by atoms with van der Waals surface area (Å²) in [5.41, 5.74) is 3.78. The second-order valence-corrected chi connectivity index (χ2v) is 8.32. The summed E-state index contributed by atoms with van der Waals surface area (Å²) in [4.78, 5) is 38.3. The number of imide groups is 1. The third-order valence-electron chi connectivity index (χ3n) is 5.00. The largest absolute Gasteiger partial charge is 0.350 e. The van der Waals surface area contributed by atoms with Crippen molar-refractivity contribution in [2.75, 3.05) is 17.2 Å². The molecule has 3 amide bonds. The Bertz CT molecular complexity index is 1010. The first kappa shape index (κ1) is 21.3. The van der Waals surface area contributed by atoms with Crippen molar-refractivity contribution in [3.63, 3.8) is 0 Å². The van der Waals surface area contributed by atoms with Gasteiger partial charge < -0.3 is 10.6 Å². The molecule has 0 atom stereocenters. The van der Waals surface area contributed by atoms with Crippen LogP contribution in [0.2, 0.25) is 0 Å².